The third-order valence-electron chi connectivity index (χ3n) is 4.12. The van der Waals surface area contributed by atoms with Crippen LogP contribution >= 0.6 is 0 Å². The smallest absolute Gasteiger partial charge is 0.304 e. The molecule has 1 aliphatic heterocycles. The van der Waals surface area contributed by atoms with Crippen molar-refractivity contribution in [1.82, 2.24) is 19.9 Å². The van der Waals surface area contributed by atoms with Crippen LogP contribution in [0.2, 0.25) is 0 Å². The van der Waals surface area contributed by atoms with E-state index in [9.17, 15) is 18.0 Å². The van der Waals surface area contributed by atoms with Crippen molar-refractivity contribution in [3.8, 4) is 5.88 Å². The fraction of sp³-hybridized carbons (Fsp3) is 0.471. The van der Waals surface area contributed by atoms with Gasteiger partial charge in [0.1, 0.15) is 17.7 Å². The van der Waals surface area contributed by atoms with E-state index >= 15 is 0 Å². The van der Waals surface area contributed by atoms with Gasteiger partial charge in [-0.1, -0.05) is 0 Å². The van der Waals surface area contributed by atoms with Gasteiger partial charge < -0.3 is 20.1 Å². The minimum atomic E-state index is -3.36. The average molecular weight is 412 g/mol. The molecule has 2 aromatic heterocycles. The number of hydrogen-bond acceptors (Lipinski definition) is 8. The first-order valence-corrected chi connectivity index (χ1v) is 8.88. The standard InChI is InChI=1S/C17H19F3N6O3/c18-13(19)14(20)29-16-12(8-21-9-24-16)25-15(27)11-1-4-22-17(26-11)23-7-10-2-5-28-6-3-10/h1,4,8-10,13-14H,2-3,5-7H2,(H,25,27)(H,22,23,26). The minimum absolute atomic E-state index is 0.00920. The van der Waals surface area contributed by atoms with E-state index < -0.39 is 24.6 Å². The number of alkyl halides is 3. The number of nitrogens with one attached hydrogen (secondary N) is 2. The Morgan fingerprint density at radius 1 is 1.28 bits per heavy atom. The Bertz CT molecular complexity index is 823. The third kappa shape index (κ3) is 5.98. The molecule has 156 valence electrons. The molecule has 2 aromatic rings. The SMILES string of the molecule is O=C(Nc1cncnc1OC(F)C(F)F)c1ccnc(NCC2CCOCC2)n1. The van der Waals surface area contributed by atoms with Crippen LogP contribution in [0.3, 0.4) is 0 Å². The molecule has 1 aliphatic rings. The molecule has 0 spiro atoms. The summed E-state index contributed by atoms with van der Waals surface area (Å²) < 4.78 is 47.6. The first kappa shape index (κ1) is 20.7. The Kier molecular flexibility index (Phi) is 7.11. The van der Waals surface area contributed by atoms with E-state index in [2.05, 4.69) is 35.3 Å². The summed E-state index contributed by atoms with van der Waals surface area (Å²) in [6.07, 6.45) is -0.908. The van der Waals surface area contributed by atoms with Crippen LogP contribution in [0.25, 0.3) is 0 Å². The van der Waals surface area contributed by atoms with Gasteiger partial charge in [-0.05, 0) is 24.8 Å². The number of aromatic nitrogens is 4. The first-order chi connectivity index (χ1) is 14.0. The molecule has 3 heterocycles. The van der Waals surface area contributed by atoms with Crippen LogP contribution in [-0.4, -0.2) is 58.4 Å². The van der Waals surface area contributed by atoms with Gasteiger partial charge in [-0.25, -0.2) is 23.7 Å². The summed E-state index contributed by atoms with van der Waals surface area (Å²) in [6, 6.07) is 1.37. The van der Waals surface area contributed by atoms with Crippen molar-refractivity contribution in [2.24, 2.45) is 5.92 Å². The maximum absolute atomic E-state index is 13.2. The topological polar surface area (TPSA) is 111 Å². The molecule has 0 aromatic carbocycles. The molecule has 1 fully saturated rings. The largest absolute Gasteiger partial charge is 0.435 e. The molecule has 1 saturated heterocycles. The van der Waals surface area contributed by atoms with E-state index in [1.54, 1.807) is 0 Å². The lowest BCUT2D eigenvalue weighted by molar-refractivity contribution is -0.0687. The van der Waals surface area contributed by atoms with Crippen LogP contribution in [0.4, 0.5) is 24.8 Å². The number of rotatable bonds is 8. The number of ether oxygens (including phenoxy) is 2. The summed E-state index contributed by atoms with van der Waals surface area (Å²) in [4.78, 5) is 27.9. The van der Waals surface area contributed by atoms with Crippen LogP contribution in [0.1, 0.15) is 23.3 Å². The lowest BCUT2D eigenvalue weighted by Gasteiger charge is -2.22. The molecule has 0 saturated carbocycles. The van der Waals surface area contributed by atoms with Gasteiger partial charge in [0.15, 0.2) is 0 Å². The van der Waals surface area contributed by atoms with Crippen molar-refractivity contribution >= 4 is 17.5 Å². The molecule has 9 nitrogen and oxygen atoms in total. The van der Waals surface area contributed by atoms with Gasteiger partial charge in [-0.3, -0.25) is 4.79 Å². The molecular formula is C17H19F3N6O3. The predicted molar refractivity (Wildman–Crippen MR) is 95.6 cm³/mol. The highest BCUT2D eigenvalue weighted by Gasteiger charge is 2.24. The van der Waals surface area contributed by atoms with Crippen molar-refractivity contribution in [2.75, 3.05) is 30.4 Å². The summed E-state index contributed by atoms with van der Waals surface area (Å²) in [5.41, 5.74) is -0.161. The quantitative estimate of drug-likeness (QED) is 0.680. The summed E-state index contributed by atoms with van der Waals surface area (Å²) in [5, 5.41) is 5.45. The monoisotopic (exact) mass is 412 g/mol. The highest BCUT2D eigenvalue weighted by Crippen LogP contribution is 2.23. The van der Waals surface area contributed by atoms with Crippen LogP contribution in [0.5, 0.6) is 5.88 Å². The Morgan fingerprint density at radius 3 is 2.83 bits per heavy atom. The zero-order valence-electron chi connectivity index (χ0n) is 15.2. The van der Waals surface area contributed by atoms with Crippen molar-refractivity contribution in [3.05, 3.63) is 30.5 Å². The fourth-order valence-corrected chi connectivity index (χ4v) is 2.60. The van der Waals surface area contributed by atoms with Gasteiger partial charge >= 0.3 is 6.43 Å². The molecule has 29 heavy (non-hydrogen) atoms. The van der Waals surface area contributed by atoms with Crippen LogP contribution < -0.4 is 15.4 Å². The number of carbonyl (C=O) groups is 1. The van der Waals surface area contributed by atoms with E-state index in [1.807, 2.05) is 0 Å². The third-order valence-corrected chi connectivity index (χ3v) is 4.12. The lowest BCUT2D eigenvalue weighted by atomic mass is 10.0. The second-order valence-corrected chi connectivity index (χ2v) is 6.20. The number of anilines is 2. The Labute approximate surface area is 164 Å². The second kappa shape index (κ2) is 9.96. The molecule has 1 amide bonds. The lowest BCUT2D eigenvalue weighted by Crippen LogP contribution is -2.24. The average Bonchev–Trinajstić information content (AvgIpc) is 2.74. The number of carbonyl (C=O) groups excluding carboxylic acids is 1. The van der Waals surface area contributed by atoms with E-state index in [0.29, 0.717) is 25.7 Å². The summed E-state index contributed by atoms with van der Waals surface area (Å²) >= 11 is 0. The normalized spacial score (nSPS) is 15.7. The molecule has 2 N–H and O–H groups in total. The Morgan fingerprint density at radius 2 is 2.07 bits per heavy atom. The molecule has 1 unspecified atom stereocenters. The van der Waals surface area contributed by atoms with Gasteiger partial charge in [0.05, 0.1) is 6.20 Å². The van der Waals surface area contributed by atoms with Gasteiger partial charge in [-0.2, -0.15) is 9.37 Å². The van der Waals surface area contributed by atoms with Crippen LogP contribution in [0.15, 0.2) is 24.8 Å². The van der Waals surface area contributed by atoms with Crippen LogP contribution in [-0.2, 0) is 4.74 Å². The van der Waals surface area contributed by atoms with Gasteiger partial charge in [-0.15, -0.1) is 0 Å². The molecule has 1 atom stereocenters. The van der Waals surface area contributed by atoms with E-state index in [1.165, 1.54) is 12.3 Å². The van der Waals surface area contributed by atoms with Gasteiger partial charge in [0, 0.05) is 26.0 Å². The van der Waals surface area contributed by atoms with Gasteiger partial charge in [0.25, 0.3) is 12.3 Å². The maximum atomic E-state index is 13.2. The number of hydrogen-bond donors (Lipinski definition) is 2. The van der Waals surface area contributed by atoms with E-state index in [4.69, 9.17) is 4.74 Å². The van der Waals surface area contributed by atoms with Crippen molar-refractivity contribution < 1.29 is 27.4 Å². The Hall–Kier alpha value is -3.02. The molecule has 0 bridgehead atoms. The zero-order valence-corrected chi connectivity index (χ0v) is 15.2. The number of nitrogens with zero attached hydrogens (tertiary/aromatic N) is 4. The maximum Gasteiger partial charge on any atom is 0.304 e. The van der Waals surface area contributed by atoms with E-state index in [0.717, 1.165) is 25.4 Å². The molecule has 12 heteroatoms. The summed E-state index contributed by atoms with van der Waals surface area (Å²) in [7, 11) is 0. The molecule has 0 aliphatic carbocycles. The highest BCUT2D eigenvalue weighted by atomic mass is 19.3. The minimum Gasteiger partial charge on any atom is -0.435 e. The number of amides is 1. The van der Waals surface area contributed by atoms with E-state index in [-0.39, 0.29) is 17.3 Å². The predicted octanol–water partition coefficient (Wildman–Crippen LogP) is 2.30. The zero-order chi connectivity index (χ0) is 20.6. The second-order valence-electron chi connectivity index (χ2n) is 6.20. The van der Waals surface area contributed by atoms with Gasteiger partial charge in [0.2, 0.25) is 11.8 Å². The van der Waals surface area contributed by atoms with Crippen molar-refractivity contribution in [2.45, 2.75) is 25.6 Å². The molecule has 0 radical (unpaired) electrons. The fourth-order valence-electron chi connectivity index (χ4n) is 2.60. The molecular weight excluding hydrogens is 393 g/mol. The van der Waals surface area contributed by atoms with Crippen molar-refractivity contribution in [3.63, 3.8) is 0 Å². The Balaban J connectivity index is 1.63. The highest BCUT2D eigenvalue weighted by molar-refractivity contribution is 6.03. The number of halogens is 3. The molecule has 3 rings (SSSR count). The first-order valence-electron chi connectivity index (χ1n) is 8.88. The van der Waals surface area contributed by atoms with Crippen molar-refractivity contribution in [1.29, 1.82) is 0 Å². The van der Waals surface area contributed by atoms with Crippen LogP contribution in [0, 0.1) is 5.92 Å². The summed E-state index contributed by atoms with van der Waals surface area (Å²) in [5.74, 6) is -0.511. The summed E-state index contributed by atoms with van der Waals surface area (Å²) in [6.45, 7) is 2.07.